The Morgan fingerprint density at radius 3 is 1.95 bits per heavy atom. The quantitative estimate of drug-likeness (QED) is 0.301. The first-order valence-corrected chi connectivity index (χ1v) is 14.8. The van der Waals surface area contributed by atoms with Gasteiger partial charge in [0.1, 0.15) is 6.04 Å². The Morgan fingerprint density at radius 1 is 0.780 bits per heavy atom. The number of carbonyl (C=O) groups is 2. The summed E-state index contributed by atoms with van der Waals surface area (Å²) in [6.45, 7) is 12.2. The Kier molecular flexibility index (Phi) is 10.7. The summed E-state index contributed by atoms with van der Waals surface area (Å²) in [7, 11) is 0. The van der Waals surface area contributed by atoms with Gasteiger partial charge < -0.3 is 15.5 Å². The van der Waals surface area contributed by atoms with Crippen LogP contribution in [-0.2, 0) is 11.2 Å². The lowest BCUT2D eigenvalue weighted by Gasteiger charge is -2.36. The molecule has 0 saturated carbocycles. The van der Waals surface area contributed by atoms with Crippen LogP contribution in [0.25, 0.3) is 6.08 Å². The van der Waals surface area contributed by atoms with Gasteiger partial charge in [-0.3, -0.25) is 9.69 Å². The number of amides is 3. The topological polar surface area (TPSA) is 64.7 Å². The maximum absolute atomic E-state index is 13.8. The van der Waals surface area contributed by atoms with Crippen LogP contribution in [0.2, 0.25) is 0 Å². The van der Waals surface area contributed by atoms with Gasteiger partial charge in [-0.05, 0) is 34.1 Å². The normalized spacial score (nSPS) is 14.9. The second-order valence-corrected chi connectivity index (χ2v) is 11.4. The monoisotopic (exact) mass is 552 g/mol. The first-order valence-electron chi connectivity index (χ1n) is 14.8. The van der Waals surface area contributed by atoms with Crippen molar-refractivity contribution in [2.24, 2.45) is 0 Å². The lowest BCUT2D eigenvalue weighted by molar-refractivity contribution is -0.134. The number of nitrogens with zero attached hydrogens (tertiary/aromatic N) is 2. The zero-order valence-corrected chi connectivity index (χ0v) is 24.8. The van der Waals surface area contributed by atoms with Crippen molar-refractivity contribution < 1.29 is 9.59 Å². The highest BCUT2D eigenvalue weighted by atomic mass is 16.2. The van der Waals surface area contributed by atoms with Crippen LogP contribution in [0.5, 0.6) is 0 Å². The molecule has 1 aliphatic rings. The van der Waals surface area contributed by atoms with Crippen LogP contribution < -0.4 is 10.6 Å². The van der Waals surface area contributed by atoms with Crippen LogP contribution in [0.4, 0.5) is 10.5 Å². The van der Waals surface area contributed by atoms with E-state index in [-0.39, 0.29) is 23.8 Å². The Hall–Kier alpha value is -3.90. The fourth-order valence-electron chi connectivity index (χ4n) is 5.33. The predicted molar refractivity (Wildman–Crippen MR) is 169 cm³/mol. The molecule has 1 unspecified atom stereocenters. The number of nitrogens with one attached hydrogen (secondary N) is 2. The lowest BCUT2D eigenvalue weighted by atomic mass is 9.93. The Morgan fingerprint density at radius 2 is 1.37 bits per heavy atom. The highest BCUT2D eigenvalue weighted by Gasteiger charge is 2.29. The number of hydrogen-bond acceptors (Lipinski definition) is 3. The number of urea groups is 1. The largest absolute Gasteiger partial charge is 0.338 e. The van der Waals surface area contributed by atoms with E-state index in [1.807, 2.05) is 59.5 Å². The van der Waals surface area contributed by atoms with Crippen molar-refractivity contribution in [3.05, 3.63) is 107 Å². The molecule has 0 aliphatic carbocycles. The average molecular weight is 553 g/mol. The third-order valence-corrected chi connectivity index (χ3v) is 7.65. The van der Waals surface area contributed by atoms with E-state index in [1.54, 1.807) is 0 Å². The number of para-hydroxylation sites is 1. The Labute approximate surface area is 245 Å². The molecule has 216 valence electrons. The summed E-state index contributed by atoms with van der Waals surface area (Å²) in [5.41, 5.74) is 5.23. The van der Waals surface area contributed by atoms with Gasteiger partial charge in [0.25, 0.3) is 0 Å². The molecule has 6 heteroatoms. The second-order valence-electron chi connectivity index (χ2n) is 11.4. The summed E-state index contributed by atoms with van der Waals surface area (Å²) in [4.78, 5) is 31.5. The number of benzene rings is 3. The first kappa shape index (κ1) is 30.1. The van der Waals surface area contributed by atoms with E-state index in [9.17, 15) is 9.59 Å². The number of hydrogen-bond donors (Lipinski definition) is 2. The van der Waals surface area contributed by atoms with Crippen molar-refractivity contribution in [2.75, 3.05) is 38.0 Å². The SMILES string of the molecule is CC(C)c1cccc(C(C)C)c1NC(=O)NC(Cc1ccccc1)C(=O)N1CCN(C/C=C/c2ccccc2)CC1. The van der Waals surface area contributed by atoms with Crippen molar-refractivity contribution in [1.82, 2.24) is 15.1 Å². The van der Waals surface area contributed by atoms with Crippen molar-refractivity contribution in [3.63, 3.8) is 0 Å². The molecule has 1 fully saturated rings. The van der Waals surface area contributed by atoms with Crippen LogP contribution in [0.1, 0.15) is 61.8 Å². The van der Waals surface area contributed by atoms with Crippen molar-refractivity contribution in [2.45, 2.75) is 52.0 Å². The summed E-state index contributed by atoms with van der Waals surface area (Å²) in [6.07, 6.45) is 4.76. The van der Waals surface area contributed by atoms with Crippen molar-refractivity contribution >= 4 is 23.7 Å². The van der Waals surface area contributed by atoms with Gasteiger partial charge in [0, 0.05) is 44.8 Å². The summed E-state index contributed by atoms with van der Waals surface area (Å²) >= 11 is 0. The van der Waals surface area contributed by atoms with E-state index >= 15 is 0 Å². The highest BCUT2D eigenvalue weighted by Crippen LogP contribution is 2.32. The third kappa shape index (κ3) is 8.54. The predicted octanol–water partition coefficient (Wildman–Crippen LogP) is 6.52. The van der Waals surface area contributed by atoms with Crippen LogP contribution >= 0.6 is 0 Å². The first-order chi connectivity index (χ1) is 19.8. The van der Waals surface area contributed by atoms with Crippen molar-refractivity contribution in [1.29, 1.82) is 0 Å². The summed E-state index contributed by atoms with van der Waals surface area (Å²) in [6, 6.07) is 25.3. The zero-order valence-electron chi connectivity index (χ0n) is 24.8. The van der Waals surface area contributed by atoms with Gasteiger partial charge in [0.2, 0.25) is 5.91 Å². The van der Waals surface area contributed by atoms with Gasteiger partial charge >= 0.3 is 6.03 Å². The van der Waals surface area contributed by atoms with Gasteiger partial charge in [-0.1, -0.05) is 119 Å². The molecular formula is C35H44N4O2. The van der Waals surface area contributed by atoms with Crippen LogP contribution in [0, 0.1) is 0 Å². The fourth-order valence-corrected chi connectivity index (χ4v) is 5.33. The maximum atomic E-state index is 13.8. The zero-order chi connectivity index (χ0) is 29.2. The third-order valence-electron chi connectivity index (χ3n) is 7.65. The molecule has 1 heterocycles. The lowest BCUT2D eigenvalue weighted by Crippen LogP contribution is -2.56. The minimum atomic E-state index is -0.657. The summed E-state index contributed by atoms with van der Waals surface area (Å²) < 4.78 is 0. The van der Waals surface area contributed by atoms with E-state index in [0.29, 0.717) is 19.5 Å². The molecule has 0 spiro atoms. The molecule has 6 nitrogen and oxygen atoms in total. The molecule has 3 aromatic rings. The molecule has 0 aromatic heterocycles. The number of carbonyl (C=O) groups excluding carboxylic acids is 2. The molecule has 3 amide bonds. The average Bonchev–Trinajstić information content (AvgIpc) is 2.98. The Balaban J connectivity index is 1.42. The maximum Gasteiger partial charge on any atom is 0.319 e. The van der Waals surface area contributed by atoms with Crippen molar-refractivity contribution in [3.8, 4) is 0 Å². The molecule has 3 aromatic carbocycles. The van der Waals surface area contributed by atoms with E-state index < -0.39 is 6.04 Å². The van der Waals surface area contributed by atoms with Gasteiger partial charge in [0.05, 0.1) is 0 Å². The minimum absolute atomic E-state index is 0.0373. The van der Waals surface area contributed by atoms with Crippen LogP contribution in [-0.4, -0.2) is 60.5 Å². The fraction of sp³-hybridized carbons (Fsp3) is 0.371. The van der Waals surface area contributed by atoms with E-state index in [0.717, 1.165) is 42.0 Å². The highest BCUT2D eigenvalue weighted by molar-refractivity contribution is 5.95. The number of anilines is 1. The molecule has 4 rings (SSSR count). The second kappa shape index (κ2) is 14.6. The van der Waals surface area contributed by atoms with Crippen LogP contribution in [0.15, 0.2) is 84.9 Å². The van der Waals surface area contributed by atoms with Gasteiger partial charge in [-0.15, -0.1) is 0 Å². The van der Waals surface area contributed by atoms with E-state index in [2.05, 4.69) is 79.6 Å². The number of rotatable bonds is 10. The molecule has 1 saturated heterocycles. The molecule has 1 aliphatic heterocycles. The van der Waals surface area contributed by atoms with E-state index in [1.165, 1.54) is 5.56 Å². The standard InChI is InChI=1S/C35H44N4O2/c1-26(2)30-18-11-19-31(27(3)4)33(30)37-35(41)36-32(25-29-15-9-6-10-16-29)34(40)39-23-21-38(22-24-39)20-12-17-28-13-7-5-8-14-28/h5-19,26-27,32H,20-25H2,1-4H3,(H2,36,37,41)/b17-12+. The van der Waals surface area contributed by atoms with Gasteiger partial charge in [0.15, 0.2) is 0 Å². The molecular weight excluding hydrogens is 508 g/mol. The Bertz CT molecular complexity index is 1270. The molecule has 2 N–H and O–H groups in total. The smallest absolute Gasteiger partial charge is 0.319 e. The molecule has 1 atom stereocenters. The van der Waals surface area contributed by atoms with E-state index in [4.69, 9.17) is 0 Å². The molecule has 0 bridgehead atoms. The van der Waals surface area contributed by atoms with Gasteiger partial charge in [-0.25, -0.2) is 4.79 Å². The summed E-state index contributed by atoms with van der Waals surface area (Å²) in [5.74, 6) is 0.471. The molecule has 0 radical (unpaired) electrons. The summed E-state index contributed by atoms with van der Waals surface area (Å²) in [5, 5.41) is 6.16. The molecule has 41 heavy (non-hydrogen) atoms. The number of piperazine rings is 1. The van der Waals surface area contributed by atoms with Crippen LogP contribution in [0.3, 0.4) is 0 Å². The van der Waals surface area contributed by atoms with Gasteiger partial charge in [-0.2, -0.15) is 0 Å². The minimum Gasteiger partial charge on any atom is -0.338 e.